The number of para-hydroxylation sites is 4. The molecule has 0 saturated carbocycles. The summed E-state index contributed by atoms with van der Waals surface area (Å²) in [4.78, 5) is 5.33. The quantitative estimate of drug-likeness (QED) is 0.123. The van der Waals surface area contributed by atoms with E-state index in [9.17, 15) is 0 Å². The summed E-state index contributed by atoms with van der Waals surface area (Å²) in [6.45, 7) is 4.46. The summed E-state index contributed by atoms with van der Waals surface area (Å²) in [6.07, 6.45) is 0. The molecule has 0 aliphatic heterocycles. The predicted octanol–water partition coefficient (Wildman–Crippen LogP) is 12.9. The van der Waals surface area contributed by atoms with Crippen LogP contribution in [0.15, 0.2) is 218 Å². The van der Waals surface area contributed by atoms with Gasteiger partial charge in [0, 0.05) is 49.8 Å². The van der Waals surface area contributed by atoms with Gasteiger partial charge in [-0.3, -0.25) is 0 Å². The summed E-state index contributed by atoms with van der Waals surface area (Å²) < 4.78 is 4.65. The molecule has 0 bridgehead atoms. The summed E-state index contributed by atoms with van der Waals surface area (Å²) in [7, 11) is 0. The average molecular weight is 731 g/mol. The summed E-state index contributed by atoms with van der Waals surface area (Å²) in [6, 6.07) is 71.9. The molecule has 0 fully saturated rings. The molecule has 2 aromatic heterocycles. The molecule has 0 aliphatic rings. The molecule has 270 valence electrons. The van der Waals surface area contributed by atoms with E-state index in [-0.39, 0.29) is 0 Å². The second-order valence-corrected chi connectivity index (χ2v) is 14.3. The Hall–Kier alpha value is -7.69. The molecule has 8 aromatic carbocycles. The van der Waals surface area contributed by atoms with E-state index in [4.69, 9.17) is 10.7 Å². The molecule has 0 unspecified atom stereocenters. The van der Waals surface area contributed by atoms with E-state index < -0.39 is 0 Å². The van der Waals surface area contributed by atoms with Crippen LogP contribution in [0, 0.1) is 0 Å². The van der Waals surface area contributed by atoms with Gasteiger partial charge in [-0.2, -0.15) is 0 Å². The first-order valence-electron chi connectivity index (χ1n) is 19.2. The molecule has 4 heteroatoms. The van der Waals surface area contributed by atoms with Crippen molar-refractivity contribution in [1.82, 2.24) is 9.13 Å². The topological polar surface area (TPSA) is 48.2 Å². The third-order valence-corrected chi connectivity index (χ3v) is 10.9. The maximum Gasteiger partial charge on any atom is 0.0808 e. The van der Waals surface area contributed by atoms with Gasteiger partial charge in [-0.1, -0.05) is 164 Å². The second kappa shape index (κ2) is 14.2. The molecule has 0 saturated heterocycles. The highest BCUT2D eigenvalue weighted by atomic mass is 15.0. The number of hydrogen-bond acceptors (Lipinski definition) is 2. The van der Waals surface area contributed by atoms with Crippen molar-refractivity contribution in [3.63, 3.8) is 0 Å². The lowest BCUT2D eigenvalue weighted by Crippen LogP contribution is -2.12. The first-order valence-corrected chi connectivity index (χ1v) is 19.2. The highest BCUT2D eigenvalue weighted by Crippen LogP contribution is 2.35. The maximum atomic E-state index is 7.36. The Bertz CT molecular complexity index is 3060. The molecule has 0 atom stereocenters. The van der Waals surface area contributed by atoms with E-state index in [0.29, 0.717) is 11.4 Å². The highest BCUT2D eigenvalue weighted by molar-refractivity contribution is 6.37. The number of rotatable bonds is 8. The van der Waals surface area contributed by atoms with Crippen LogP contribution in [0.1, 0.15) is 22.3 Å². The van der Waals surface area contributed by atoms with E-state index in [2.05, 4.69) is 173 Å². The Morgan fingerprint density at radius 1 is 0.368 bits per heavy atom. The van der Waals surface area contributed by atoms with Crippen LogP contribution >= 0.6 is 0 Å². The lowest BCUT2D eigenvalue weighted by molar-refractivity contribution is 1.18. The predicted molar refractivity (Wildman–Crippen MR) is 241 cm³/mol. The fourth-order valence-electron chi connectivity index (χ4n) is 8.22. The molecule has 4 nitrogen and oxygen atoms in total. The van der Waals surface area contributed by atoms with Crippen molar-refractivity contribution < 1.29 is 0 Å². The largest absolute Gasteiger partial charge is 0.398 e. The minimum absolute atomic E-state index is 0.626. The molecule has 0 radical (unpaired) electrons. The fraction of sp³-hybridized carbons (Fsp3) is 0. The summed E-state index contributed by atoms with van der Waals surface area (Å²) in [5, 5.41) is 4.91. The van der Waals surface area contributed by atoms with Crippen LogP contribution in [-0.4, -0.2) is 14.8 Å². The Kier molecular flexibility index (Phi) is 8.42. The van der Waals surface area contributed by atoms with Gasteiger partial charge >= 0.3 is 0 Å². The van der Waals surface area contributed by atoms with Gasteiger partial charge in [-0.05, 0) is 65.2 Å². The van der Waals surface area contributed by atoms with Crippen LogP contribution in [0.4, 0.5) is 0 Å². The summed E-state index contributed by atoms with van der Waals surface area (Å²) >= 11 is 0. The van der Waals surface area contributed by atoms with Crippen molar-refractivity contribution in [3.8, 4) is 11.4 Å². The lowest BCUT2D eigenvalue weighted by atomic mass is 9.91. The lowest BCUT2D eigenvalue weighted by Gasteiger charge is -2.18. The minimum Gasteiger partial charge on any atom is -0.398 e. The Labute approximate surface area is 331 Å². The van der Waals surface area contributed by atoms with Gasteiger partial charge in [0.1, 0.15) is 0 Å². The maximum absolute atomic E-state index is 7.36. The van der Waals surface area contributed by atoms with Crippen molar-refractivity contribution in [1.29, 1.82) is 0 Å². The molecule has 0 amide bonds. The Balaban J connectivity index is 1.14. The number of aliphatic imine (C=N–C) groups is 1. The number of allylic oxidation sites excluding steroid dienone is 1. The number of benzene rings is 8. The first kappa shape index (κ1) is 33.8. The Morgan fingerprint density at radius 3 is 1.14 bits per heavy atom. The molecule has 10 rings (SSSR count). The van der Waals surface area contributed by atoms with Crippen molar-refractivity contribution in [2.75, 3.05) is 0 Å². The minimum atomic E-state index is 0.626. The second-order valence-electron chi connectivity index (χ2n) is 14.3. The number of fused-ring (bicyclic) bond motifs is 6. The highest BCUT2D eigenvalue weighted by Gasteiger charge is 2.20. The van der Waals surface area contributed by atoms with E-state index in [1.807, 2.05) is 48.5 Å². The monoisotopic (exact) mass is 730 g/mol. The van der Waals surface area contributed by atoms with Crippen LogP contribution in [0.3, 0.4) is 0 Å². The molecule has 57 heavy (non-hydrogen) atoms. The smallest absolute Gasteiger partial charge is 0.0808 e. The molecule has 0 spiro atoms. The fourth-order valence-corrected chi connectivity index (χ4v) is 8.22. The van der Waals surface area contributed by atoms with Crippen molar-refractivity contribution >= 4 is 66.3 Å². The van der Waals surface area contributed by atoms with Crippen LogP contribution in [0.2, 0.25) is 0 Å². The zero-order chi connectivity index (χ0) is 38.3. The van der Waals surface area contributed by atoms with E-state index in [1.165, 1.54) is 21.5 Å². The normalized spacial score (nSPS) is 12.4. The van der Waals surface area contributed by atoms with Crippen molar-refractivity contribution in [2.24, 2.45) is 10.7 Å². The summed E-state index contributed by atoms with van der Waals surface area (Å²) in [5.74, 6) is 0. The standard InChI is InChI=1S/C53H38N4/c1-36(37-16-4-2-5-17-37)55-53(40-30-34-42(35-31-40)57-49-26-14-10-22-45(49)46-23-11-15-27-50(46)57)51(38-18-6-3-7-19-38)52(54)39-28-32-41(33-29-39)56-47-24-12-8-20-43(47)44-21-9-13-25-48(44)56/h2-35H,1,54H2/b52-51-,55-53?. The van der Waals surface area contributed by atoms with Crippen molar-refractivity contribution in [3.05, 3.63) is 235 Å². The molecular formula is C53H38N4. The van der Waals surface area contributed by atoms with E-state index >= 15 is 0 Å². The van der Waals surface area contributed by atoms with Gasteiger partial charge < -0.3 is 14.9 Å². The van der Waals surface area contributed by atoms with Crippen LogP contribution in [0.5, 0.6) is 0 Å². The van der Waals surface area contributed by atoms with Gasteiger partial charge in [0.25, 0.3) is 0 Å². The van der Waals surface area contributed by atoms with Gasteiger partial charge in [0.2, 0.25) is 0 Å². The van der Waals surface area contributed by atoms with Gasteiger partial charge in [-0.15, -0.1) is 0 Å². The Morgan fingerprint density at radius 2 is 0.719 bits per heavy atom. The molecule has 2 N–H and O–H groups in total. The molecule has 10 aromatic rings. The first-order chi connectivity index (χ1) is 28.1. The molecule has 2 heterocycles. The van der Waals surface area contributed by atoms with Gasteiger partial charge in [0.05, 0.1) is 33.5 Å². The SMILES string of the molecule is C=C(N=C(/C(=C(\N)c1ccc(-n2c3ccccc3c3ccccc32)cc1)c1ccccc1)c1ccc(-n2c3ccccc3c3ccccc32)cc1)c1ccccc1. The van der Waals surface area contributed by atoms with Gasteiger partial charge in [0.15, 0.2) is 0 Å². The van der Waals surface area contributed by atoms with Crippen molar-refractivity contribution in [2.45, 2.75) is 0 Å². The number of nitrogens with zero attached hydrogens (tertiary/aromatic N) is 3. The van der Waals surface area contributed by atoms with E-state index in [1.54, 1.807) is 0 Å². The summed E-state index contributed by atoms with van der Waals surface area (Å²) in [5.41, 5.74) is 20.8. The van der Waals surface area contributed by atoms with Crippen LogP contribution in [-0.2, 0) is 0 Å². The molecule has 0 aliphatic carbocycles. The number of nitrogens with two attached hydrogens (primary N) is 1. The molecular weight excluding hydrogens is 693 g/mol. The van der Waals surface area contributed by atoms with Crippen LogP contribution < -0.4 is 5.73 Å². The average Bonchev–Trinajstić information content (AvgIpc) is 3.80. The van der Waals surface area contributed by atoms with E-state index in [0.717, 1.165) is 67.0 Å². The number of hydrogen-bond donors (Lipinski definition) is 1. The van der Waals surface area contributed by atoms with Crippen LogP contribution in [0.25, 0.3) is 72.0 Å². The zero-order valence-electron chi connectivity index (χ0n) is 31.3. The third-order valence-electron chi connectivity index (χ3n) is 10.9. The zero-order valence-corrected chi connectivity index (χ0v) is 31.3. The third kappa shape index (κ3) is 5.92. The number of aromatic nitrogens is 2. The van der Waals surface area contributed by atoms with Gasteiger partial charge in [-0.25, -0.2) is 4.99 Å².